The van der Waals surface area contributed by atoms with E-state index in [-0.39, 0.29) is 12.4 Å². The van der Waals surface area contributed by atoms with Crippen LogP contribution in [0.15, 0.2) is 0 Å². The number of carbonyl (C=O) groups is 1. The van der Waals surface area contributed by atoms with Crippen LogP contribution >= 0.6 is 0 Å². The highest BCUT2D eigenvalue weighted by atomic mass is 16.7. The highest BCUT2D eigenvalue weighted by Crippen LogP contribution is 2.15. The lowest BCUT2D eigenvalue weighted by Gasteiger charge is -2.34. The van der Waals surface area contributed by atoms with Gasteiger partial charge in [0.25, 0.3) is 0 Å². The van der Waals surface area contributed by atoms with Gasteiger partial charge in [-0.2, -0.15) is 0 Å². The second-order valence-corrected chi connectivity index (χ2v) is 7.20. The van der Waals surface area contributed by atoms with Gasteiger partial charge in [-0.25, -0.2) is 4.79 Å². The molecule has 0 aliphatic carbocycles. The van der Waals surface area contributed by atoms with Crippen LogP contribution in [0.25, 0.3) is 0 Å². The van der Waals surface area contributed by atoms with Crippen molar-refractivity contribution in [3.63, 3.8) is 0 Å². The Balaban J connectivity index is 2.27. The third kappa shape index (κ3) is 8.85. The molecule has 1 atom stereocenters. The fourth-order valence-electron chi connectivity index (χ4n) is 2.80. The zero-order chi connectivity index (χ0) is 18.0. The highest BCUT2D eigenvalue weighted by molar-refractivity contribution is 5.68. The van der Waals surface area contributed by atoms with E-state index in [0.29, 0.717) is 19.3 Å². The van der Waals surface area contributed by atoms with Crippen molar-refractivity contribution in [3.8, 4) is 0 Å². The Kier molecular flexibility index (Phi) is 9.63. The normalized spacial score (nSPS) is 18.9. The average molecular weight is 344 g/mol. The second kappa shape index (κ2) is 10.9. The molecule has 0 aromatic rings. The molecule has 0 saturated carbocycles. The predicted octanol–water partition coefficient (Wildman–Crippen LogP) is 3.15. The van der Waals surface area contributed by atoms with Crippen molar-refractivity contribution >= 4 is 6.09 Å². The molecule has 1 aliphatic heterocycles. The van der Waals surface area contributed by atoms with E-state index in [1.807, 2.05) is 39.5 Å². The Bertz CT molecular complexity index is 351. The number of ether oxygens (including phenoxy) is 3. The molecule has 6 heteroatoms. The molecule has 1 saturated heterocycles. The average Bonchev–Trinajstić information content (AvgIpc) is 2.50. The van der Waals surface area contributed by atoms with Crippen LogP contribution in [0.1, 0.15) is 60.3 Å². The van der Waals surface area contributed by atoms with Gasteiger partial charge in [0.1, 0.15) is 5.60 Å². The monoisotopic (exact) mass is 344 g/mol. The number of likely N-dealkylation sites (tertiary alicyclic amines) is 1. The SMILES string of the molecule is CCOC(CCCN[C@@H]1CCCN(C(=O)OC(C)(C)C)C1)OCC. The first-order valence-corrected chi connectivity index (χ1v) is 9.30. The molecule has 0 radical (unpaired) electrons. The summed E-state index contributed by atoms with van der Waals surface area (Å²) in [6.07, 6.45) is 3.68. The predicted molar refractivity (Wildman–Crippen MR) is 95.1 cm³/mol. The maximum absolute atomic E-state index is 12.2. The maximum atomic E-state index is 12.2. The first-order chi connectivity index (χ1) is 11.4. The van der Waals surface area contributed by atoms with E-state index in [1.54, 1.807) is 0 Å². The van der Waals surface area contributed by atoms with Gasteiger partial charge in [0, 0.05) is 32.3 Å². The van der Waals surface area contributed by atoms with Crippen molar-refractivity contribution in [2.45, 2.75) is 78.2 Å². The van der Waals surface area contributed by atoms with Crippen molar-refractivity contribution in [1.82, 2.24) is 10.2 Å². The van der Waals surface area contributed by atoms with Crippen LogP contribution in [0.4, 0.5) is 4.79 Å². The van der Waals surface area contributed by atoms with Gasteiger partial charge in [0.2, 0.25) is 0 Å². The van der Waals surface area contributed by atoms with Crippen LogP contribution in [0.5, 0.6) is 0 Å². The molecule has 6 nitrogen and oxygen atoms in total. The van der Waals surface area contributed by atoms with Crippen LogP contribution in [-0.2, 0) is 14.2 Å². The summed E-state index contributed by atoms with van der Waals surface area (Å²) in [7, 11) is 0. The Hall–Kier alpha value is -0.850. The zero-order valence-corrected chi connectivity index (χ0v) is 16.1. The Morgan fingerprint density at radius 3 is 2.50 bits per heavy atom. The maximum Gasteiger partial charge on any atom is 0.410 e. The number of nitrogens with zero attached hydrogens (tertiary/aromatic N) is 1. The number of amides is 1. The van der Waals surface area contributed by atoms with E-state index < -0.39 is 5.60 Å². The van der Waals surface area contributed by atoms with Gasteiger partial charge < -0.3 is 24.4 Å². The quantitative estimate of drug-likeness (QED) is 0.514. The molecule has 1 heterocycles. The van der Waals surface area contributed by atoms with Crippen LogP contribution in [-0.4, -0.2) is 61.8 Å². The van der Waals surface area contributed by atoms with Gasteiger partial charge in [-0.1, -0.05) is 0 Å². The molecule has 142 valence electrons. The first kappa shape index (κ1) is 21.2. The minimum atomic E-state index is -0.439. The van der Waals surface area contributed by atoms with Gasteiger partial charge in [-0.05, 0) is 66.8 Å². The van der Waals surface area contributed by atoms with Gasteiger partial charge in [0.05, 0.1) is 0 Å². The smallest absolute Gasteiger partial charge is 0.410 e. The summed E-state index contributed by atoms with van der Waals surface area (Å²) in [6, 6.07) is 0.337. The molecule has 1 aliphatic rings. The summed E-state index contributed by atoms with van der Waals surface area (Å²) in [5, 5.41) is 3.55. The molecular weight excluding hydrogens is 308 g/mol. The van der Waals surface area contributed by atoms with E-state index in [2.05, 4.69) is 5.32 Å². The molecular formula is C18H36N2O4. The number of nitrogens with one attached hydrogen (secondary N) is 1. The Labute approximate surface area is 147 Å². The summed E-state index contributed by atoms with van der Waals surface area (Å²) in [5.74, 6) is 0. The van der Waals surface area contributed by atoms with E-state index in [9.17, 15) is 4.79 Å². The molecule has 1 N–H and O–H groups in total. The second-order valence-electron chi connectivity index (χ2n) is 7.20. The summed E-state index contributed by atoms with van der Waals surface area (Å²) >= 11 is 0. The van der Waals surface area contributed by atoms with E-state index >= 15 is 0 Å². The van der Waals surface area contributed by atoms with Crippen LogP contribution in [0, 0.1) is 0 Å². The first-order valence-electron chi connectivity index (χ1n) is 9.30. The van der Waals surface area contributed by atoms with Crippen molar-refractivity contribution in [2.75, 3.05) is 32.8 Å². The van der Waals surface area contributed by atoms with Gasteiger partial charge in [0.15, 0.2) is 6.29 Å². The fraction of sp³-hybridized carbons (Fsp3) is 0.944. The number of hydrogen-bond donors (Lipinski definition) is 1. The van der Waals surface area contributed by atoms with Crippen LogP contribution in [0.2, 0.25) is 0 Å². The minimum Gasteiger partial charge on any atom is -0.444 e. The van der Waals surface area contributed by atoms with Crippen molar-refractivity contribution in [1.29, 1.82) is 0 Å². The molecule has 0 bridgehead atoms. The molecule has 0 unspecified atom stereocenters. The Morgan fingerprint density at radius 1 is 1.25 bits per heavy atom. The summed E-state index contributed by atoms with van der Waals surface area (Å²) < 4.78 is 16.6. The van der Waals surface area contributed by atoms with Gasteiger partial charge >= 0.3 is 6.09 Å². The van der Waals surface area contributed by atoms with E-state index in [0.717, 1.165) is 45.3 Å². The fourth-order valence-corrected chi connectivity index (χ4v) is 2.80. The number of piperidine rings is 1. The van der Waals surface area contributed by atoms with E-state index in [1.165, 1.54) is 0 Å². The third-order valence-corrected chi connectivity index (χ3v) is 3.83. The number of hydrogen-bond acceptors (Lipinski definition) is 5. The molecule has 1 fully saturated rings. The molecule has 1 rings (SSSR count). The van der Waals surface area contributed by atoms with Crippen molar-refractivity contribution in [2.24, 2.45) is 0 Å². The Morgan fingerprint density at radius 2 is 1.92 bits per heavy atom. The molecule has 0 aromatic carbocycles. The van der Waals surface area contributed by atoms with Gasteiger partial charge in [-0.15, -0.1) is 0 Å². The lowest BCUT2D eigenvalue weighted by molar-refractivity contribution is -0.139. The zero-order valence-electron chi connectivity index (χ0n) is 16.1. The molecule has 1 amide bonds. The molecule has 0 spiro atoms. The standard InChI is InChI=1S/C18H36N2O4/c1-6-22-16(23-7-2)11-8-12-19-15-10-9-13-20(14-15)17(21)24-18(3,4)5/h15-16,19H,6-14H2,1-5H3/t15-/m1/s1. The minimum absolute atomic E-state index is 0.105. The molecule has 24 heavy (non-hydrogen) atoms. The summed E-state index contributed by atoms with van der Waals surface area (Å²) in [5.41, 5.74) is -0.439. The molecule has 0 aromatic heterocycles. The lowest BCUT2D eigenvalue weighted by atomic mass is 10.1. The van der Waals surface area contributed by atoms with Crippen molar-refractivity contribution < 1.29 is 19.0 Å². The van der Waals surface area contributed by atoms with E-state index in [4.69, 9.17) is 14.2 Å². The summed E-state index contributed by atoms with van der Waals surface area (Å²) in [6.45, 7) is 13.4. The van der Waals surface area contributed by atoms with Gasteiger partial charge in [-0.3, -0.25) is 0 Å². The number of rotatable bonds is 9. The highest BCUT2D eigenvalue weighted by Gasteiger charge is 2.27. The van der Waals surface area contributed by atoms with Crippen LogP contribution < -0.4 is 5.32 Å². The topological polar surface area (TPSA) is 60.0 Å². The number of carbonyl (C=O) groups excluding carboxylic acids is 1. The lowest BCUT2D eigenvalue weighted by Crippen LogP contribution is -2.49. The van der Waals surface area contributed by atoms with Crippen LogP contribution in [0.3, 0.4) is 0 Å². The summed E-state index contributed by atoms with van der Waals surface area (Å²) in [4.78, 5) is 14.0. The third-order valence-electron chi connectivity index (χ3n) is 3.83. The van der Waals surface area contributed by atoms with Crippen molar-refractivity contribution in [3.05, 3.63) is 0 Å². The largest absolute Gasteiger partial charge is 0.444 e.